The number of carbonyl (C=O) groups excluding carboxylic acids is 1. The van der Waals surface area contributed by atoms with Gasteiger partial charge < -0.3 is 15.5 Å². The Kier molecular flexibility index (Phi) is 8.06. The first kappa shape index (κ1) is 20.4. The fourth-order valence-corrected chi connectivity index (χ4v) is 3.33. The van der Waals surface area contributed by atoms with Crippen LogP contribution in [0.3, 0.4) is 0 Å². The predicted molar refractivity (Wildman–Crippen MR) is 111 cm³/mol. The number of rotatable bonds is 7. The summed E-state index contributed by atoms with van der Waals surface area (Å²) in [6.07, 6.45) is 0. The van der Waals surface area contributed by atoms with Gasteiger partial charge in [0, 0.05) is 35.6 Å². The van der Waals surface area contributed by atoms with Crippen LogP contribution in [0, 0.1) is 6.92 Å². The summed E-state index contributed by atoms with van der Waals surface area (Å²) in [6, 6.07) is 7.32. The van der Waals surface area contributed by atoms with Crippen LogP contribution in [-0.2, 0) is 6.54 Å². The Morgan fingerprint density at radius 1 is 1.38 bits per heavy atom. The average Bonchev–Trinajstić information content (AvgIpc) is 3.02. The highest BCUT2D eigenvalue weighted by atomic mass is 79.9. The SMILES string of the molecule is CCNC(=NCCNC(=O)c1cccc(Br)c1)N(C)Cc1csc(C)n1. The molecule has 1 aromatic carbocycles. The number of benzene rings is 1. The minimum atomic E-state index is -0.0993. The molecule has 0 aliphatic carbocycles. The first-order chi connectivity index (χ1) is 12.5. The molecule has 2 aromatic rings. The second kappa shape index (κ2) is 10.3. The van der Waals surface area contributed by atoms with Crippen molar-refractivity contribution in [1.82, 2.24) is 20.5 Å². The summed E-state index contributed by atoms with van der Waals surface area (Å²) in [5, 5.41) is 9.28. The maximum atomic E-state index is 12.1. The van der Waals surface area contributed by atoms with E-state index in [-0.39, 0.29) is 5.91 Å². The normalized spacial score (nSPS) is 11.3. The second-order valence-electron chi connectivity index (χ2n) is 5.72. The molecule has 1 aromatic heterocycles. The molecule has 0 spiro atoms. The molecule has 0 bridgehead atoms. The number of nitrogens with one attached hydrogen (secondary N) is 2. The molecule has 0 radical (unpaired) electrons. The van der Waals surface area contributed by atoms with Crippen molar-refractivity contribution in [3.8, 4) is 0 Å². The summed E-state index contributed by atoms with van der Waals surface area (Å²) in [4.78, 5) is 23.2. The van der Waals surface area contributed by atoms with E-state index < -0.39 is 0 Å². The van der Waals surface area contributed by atoms with Crippen molar-refractivity contribution in [2.75, 3.05) is 26.7 Å². The number of aliphatic imine (C=N–C) groups is 1. The summed E-state index contributed by atoms with van der Waals surface area (Å²) >= 11 is 5.02. The fourth-order valence-electron chi connectivity index (χ4n) is 2.33. The van der Waals surface area contributed by atoms with Gasteiger partial charge in [-0.2, -0.15) is 0 Å². The van der Waals surface area contributed by atoms with Gasteiger partial charge in [-0.3, -0.25) is 9.79 Å². The Morgan fingerprint density at radius 2 is 2.19 bits per heavy atom. The molecule has 2 N–H and O–H groups in total. The zero-order valence-corrected chi connectivity index (χ0v) is 17.7. The van der Waals surface area contributed by atoms with E-state index in [9.17, 15) is 4.79 Å². The van der Waals surface area contributed by atoms with Gasteiger partial charge in [0.1, 0.15) is 0 Å². The first-order valence-electron chi connectivity index (χ1n) is 8.43. The summed E-state index contributed by atoms with van der Waals surface area (Å²) in [6.45, 7) is 6.49. The minimum absolute atomic E-state index is 0.0993. The van der Waals surface area contributed by atoms with E-state index >= 15 is 0 Å². The minimum Gasteiger partial charge on any atom is -0.357 e. The van der Waals surface area contributed by atoms with Gasteiger partial charge in [0.2, 0.25) is 0 Å². The quantitative estimate of drug-likeness (QED) is 0.396. The molecule has 0 unspecified atom stereocenters. The molecule has 0 fully saturated rings. The third-order valence-corrected chi connectivity index (χ3v) is 4.82. The lowest BCUT2D eigenvalue weighted by molar-refractivity contribution is 0.0954. The van der Waals surface area contributed by atoms with Crippen LogP contribution in [0.25, 0.3) is 0 Å². The van der Waals surface area contributed by atoms with Crippen LogP contribution in [0.2, 0.25) is 0 Å². The average molecular weight is 438 g/mol. The number of aryl methyl sites for hydroxylation is 1. The summed E-state index contributed by atoms with van der Waals surface area (Å²) in [7, 11) is 1.98. The molecule has 1 heterocycles. The molecule has 6 nitrogen and oxygen atoms in total. The van der Waals surface area contributed by atoms with Crippen LogP contribution >= 0.6 is 27.3 Å². The third kappa shape index (κ3) is 6.42. The van der Waals surface area contributed by atoms with Gasteiger partial charge in [-0.25, -0.2) is 4.98 Å². The van der Waals surface area contributed by atoms with Crippen molar-refractivity contribution in [2.24, 2.45) is 4.99 Å². The summed E-state index contributed by atoms with van der Waals surface area (Å²) < 4.78 is 0.886. The zero-order chi connectivity index (χ0) is 18.9. The van der Waals surface area contributed by atoms with Crippen molar-refractivity contribution in [2.45, 2.75) is 20.4 Å². The topological polar surface area (TPSA) is 69.6 Å². The highest BCUT2D eigenvalue weighted by Gasteiger charge is 2.09. The molecule has 140 valence electrons. The van der Waals surface area contributed by atoms with E-state index in [0.717, 1.165) is 27.7 Å². The van der Waals surface area contributed by atoms with Crippen molar-refractivity contribution < 1.29 is 4.79 Å². The molecular weight excluding hydrogens is 414 g/mol. The molecule has 0 atom stereocenters. The lowest BCUT2D eigenvalue weighted by Crippen LogP contribution is -2.39. The first-order valence-corrected chi connectivity index (χ1v) is 10.1. The largest absolute Gasteiger partial charge is 0.357 e. The Labute approximate surface area is 166 Å². The molecule has 0 aliphatic heterocycles. The molecule has 0 aliphatic rings. The maximum Gasteiger partial charge on any atom is 0.251 e. The van der Waals surface area contributed by atoms with Crippen LogP contribution in [0.4, 0.5) is 0 Å². The number of amides is 1. The molecule has 2 rings (SSSR count). The zero-order valence-electron chi connectivity index (χ0n) is 15.3. The molecular formula is C18H24BrN5OS. The lowest BCUT2D eigenvalue weighted by atomic mass is 10.2. The van der Waals surface area contributed by atoms with Gasteiger partial charge in [0.25, 0.3) is 5.91 Å². The van der Waals surface area contributed by atoms with Gasteiger partial charge in [0.05, 0.1) is 23.8 Å². The predicted octanol–water partition coefficient (Wildman–Crippen LogP) is 3.04. The highest BCUT2D eigenvalue weighted by Crippen LogP contribution is 2.11. The Bertz CT molecular complexity index is 762. The van der Waals surface area contributed by atoms with Crippen LogP contribution in [0.1, 0.15) is 28.0 Å². The number of hydrogen-bond donors (Lipinski definition) is 2. The van der Waals surface area contributed by atoms with Crippen LogP contribution < -0.4 is 10.6 Å². The number of halogens is 1. The van der Waals surface area contributed by atoms with E-state index in [1.54, 1.807) is 23.5 Å². The third-order valence-electron chi connectivity index (χ3n) is 3.51. The van der Waals surface area contributed by atoms with E-state index in [0.29, 0.717) is 25.2 Å². The number of hydrogen-bond acceptors (Lipinski definition) is 4. The highest BCUT2D eigenvalue weighted by molar-refractivity contribution is 9.10. The molecule has 26 heavy (non-hydrogen) atoms. The number of carbonyl (C=O) groups is 1. The van der Waals surface area contributed by atoms with Crippen LogP contribution in [0.15, 0.2) is 39.1 Å². The van der Waals surface area contributed by atoms with E-state index in [2.05, 4.69) is 41.9 Å². The molecule has 1 amide bonds. The maximum absolute atomic E-state index is 12.1. The number of thiazole rings is 1. The van der Waals surface area contributed by atoms with Crippen LogP contribution in [0.5, 0.6) is 0 Å². The van der Waals surface area contributed by atoms with Crippen molar-refractivity contribution in [1.29, 1.82) is 0 Å². The summed E-state index contributed by atoms with van der Waals surface area (Å²) in [5.41, 5.74) is 1.66. The lowest BCUT2D eigenvalue weighted by Gasteiger charge is -2.21. The smallest absolute Gasteiger partial charge is 0.251 e. The van der Waals surface area contributed by atoms with Crippen molar-refractivity contribution >= 4 is 39.1 Å². The van der Waals surface area contributed by atoms with E-state index in [1.807, 2.05) is 37.9 Å². The standard InChI is InChI=1S/C18H24BrN5OS/c1-4-20-18(24(3)11-16-12-26-13(2)23-16)22-9-8-21-17(25)14-6-5-7-15(19)10-14/h5-7,10,12H,4,8-9,11H2,1-3H3,(H,20,22)(H,21,25). The fraction of sp³-hybridized carbons (Fsp3) is 0.389. The van der Waals surface area contributed by atoms with Gasteiger partial charge in [-0.15, -0.1) is 11.3 Å². The number of aromatic nitrogens is 1. The Hall–Kier alpha value is -1.93. The van der Waals surface area contributed by atoms with Gasteiger partial charge in [0.15, 0.2) is 5.96 Å². The molecule has 8 heteroatoms. The second-order valence-corrected chi connectivity index (χ2v) is 7.69. The summed E-state index contributed by atoms with van der Waals surface area (Å²) in [5.74, 6) is 0.702. The van der Waals surface area contributed by atoms with Gasteiger partial charge in [-0.1, -0.05) is 22.0 Å². The van der Waals surface area contributed by atoms with E-state index in [4.69, 9.17) is 0 Å². The van der Waals surface area contributed by atoms with Gasteiger partial charge >= 0.3 is 0 Å². The van der Waals surface area contributed by atoms with Crippen molar-refractivity contribution in [3.63, 3.8) is 0 Å². The monoisotopic (exact) mass is 437 g/mol. The number of guanidine groups is 1. The number of nitrogens with zero attached hydrogens (tertiary/aromatic N) is 3. The van der Waals surface area contributed by atoms with E-state index in [1.165, 1.54) is 0 Å². The van der Waals surface area contributed by atoms with Gasteiger partial charge in [-0.05, 0) is 32.0 Å². The van der Waals surface area contributed by atoms with Crippen molar-refractivity contribution in [3.05, 3.63) is 50.4 Å². The Balaban J connectivity index is 1.86. The molecule has 0 saturated carbocycles. The Morgan fingerprint density at radius 3 is 2.85 bits per heavy atom. The molecule has 0 saturated heterocycles. The van der Waals surface area contributed by atoms with Crippen LogP contribution in [-0.4, -0.2) is 48.4 Å².